The van der Waals surface area contributed by atoms with Crippen molar-refractivity contribution in [2.75, 3.05) is 13.2 Å². The lowest BCUT2D eigenvalue weighted by atomic mass is 10.0. The fraction of sp³-hybridized carbons (Fsp3) is 0.571. The summed E-state index contributed by atoms with van der Waals surface area (Å²) in [6.45, 7) is 3.45. The Hall–Kier alpha value is -0.420. The number of halogens is 1. The van der Waals surface area contributed by atoms with E-state index < -0.39 is 0 Å². The first-order valence-electron chi connectivity index (χ1n) is 6.41. The molecule has 0 aromatic heterocycles. The average molecular weight is 314 g/mol. The van der Waals surface area contributed by atoms with Gasteiger partial charge < -0.3 is 15.2 Å². The van der Waals surface area contributed by atoms with Crippen molar-refractivity contribution in [1.29, 1.82) is 0 Å². The Bertz CT molecular complexity index is 378. The quantitative estimate of drug-likeness (QED) is 0.908. The van der Waals surface area contributed by atoms with Gasteiger partial charge in [0.25, 0.3) is 0 Å². The predicted molar refractivity (Wildman–Crippen MR) is 75.5 cm³/mol. The average Bonchev–Trinajstić information content (AvgIpc) is 2.82. The molecule has 1 saturated heterocycles. The Labute approximate surface area is 117 Å². The molecule has 3 atom stereocenters. The van der Waals surface area contributed by atoms with Gasteiger partial charge in [-0.15, -0.1) is 0 Å². The molecule has 2 rings (SSSR count). The van der Waals surface area contributed by atoms with Crippen LogP contribution >= 0.6 is 15.9 Å². The topological polar surface area (TPSA) is 44.5 Å². The van der Waals surface area contributed by atoms with Crippen LogP contribution in [-0.2, 0) is 9.47 Å². The molecule has 1 aliphatic heterocycles. The van der Waals surface area contributed by atoms with Crippen molar-refractivity contribution in [3.63, 3.8) is 0 Å². The molecule has 3 unspecified atom stereocenters. The molecule has 0 bridgehead atoms. The molecule has 3 nitrogen and oxygen atoms in total. The molecular formula is C14H20BrNO2. The van der Waals surface area contributed by atoms with E-state index in [1.807, 2.05) is 25.1 Å². The molecule has 2 N–H and O–H groups in total. The lowest BCUT2D eigenvalue weighted by Crippen LogP contribution is -2.29. The van der Waals surface area contributed by atoms with Gasteiger partial charge in [-0.2, -0.15) is 0 Å². The van der Waals surface area contributed by atoms with Crippen molar-refractivity contribution >= 4 is 15.9 Å². The van der Waals surface area contributed by atoms with Crippen molar-refractivity contribution < 1.29 is 9.47 Å². The van der Waals surface area contributed by atoms with E-state index in [1.54, 1.807) is 0 Å². The van der Waals surface area contributed by atoms with Gasteiger partial charge in [-0.3, -0.25) is 0 Å². The van der Waals surface area contributed by atoms with Gasteiger partial charge in [0.15, 0.2) is 0 Å². The monoisotopic (exact) mass is 313 g/mol. The van der Waals surface area contributed by atoms with Crippen molar-refractivity contribution in [1.82, 2.24) is 0 Å². The molecule has 100 valence electrons. The molecule has 1 aromatic carbocycles. The Morgan fingerprint density at radius 1 is 1.56 bits per heavy atom. The highest BCUT2D eigenvalue weighted by atomic mass is 79.9. The Kier molecular flexibility index (Phi) is 5.18. The van der Waals surface area contributed by atoms with E-state index in [9.17, 15) is 0 Å². The second kappa shape index (κ2) is 6.66. The third-order valence-electron chi connectivity index (χ3n) is 3.14. The van der Waals surface area contributed by atoms with E-state index in [0.717, 1.165) is 29.5 Å². The van der Waals surface area contributed by atoms with E-state index in [-0.39, 0.29) is 18.2 Å². The number of benzene rings is 1. The standard InChI is InChI=1S/C14H20BrNO2/c1-10(16)14(11-4-2-5-12(15)8-11)18-9-13-6-3-7-17-13/h2,4-5,8,10,13-14H,3,6-7,9,16H2,1H3. The fourth-order valence-electron chi connectivity index (χ4n) is 2.22. The maximum absolute atomic E-state index is 6.02. The highest BCUT2D eigenvalue weighted by molar-refractivity contribution is 9.10. The number of rotatable bonds is 5. The van der Waals surface area contributed by atoms with Crippen molar-refractivity contribution in [3.8, 4) is 0 Å². The van der Waals surface area contributed by atoms with Crippen LogP contribution in [0.3, 0.4) is 0 Å². The van der Waals surface area contributed by atoms with E-state index in [0.29, 0.717) is 6.61 Å². The van der Waals surface area contributed by atoms with Crippen LogP contribution < -0.4 is 5.73 Å². The summed E-state index contributed by atoms with van der Waals surface area (Å²) in [5.74, 6) is 0. The van der Waals surface area contributed by atoms with E-state index in [4.69, 9.17) is 15.2 Å². The zero-order valence-electron chi connectivity index (χ0n) is 10.6. The van der Waals surface area contributed by atoms with Gasteiger partial charge in [-0.25, -0.2) is 0 Å². The minimum absolute atomic E-state index is 0.0410. The van der Waals surface area contributed by atoms with Gasteiger partial charge >= 0.3 is 0 Å². The smallest absolute Gasteiger partial charge is 0.0974 e. The van der Waals surface area contributed by atoms with Gasteiger partial charge in [0, 0.05) is 17.1 Å². The van der Waals surface area contributed by atoms with Crippen LogP contribution in [-0.4, -0.2) is 25.4 Å². The highest BCUT2D eigenvalue weighted by Crippen LogP contribution is 2.25. The second-order valence-corrected chi connectivity index (χ2v) is 5.72. The minimum atomic E-state index is -0.0771. The maximum Gasteiger partial charge on any atom is 0.0974 e. The Balaban J connectivity index is 1.99. The van der Waals surface area contributed by atoms with E-state index in [2.05, 4.69) is 22.0 Å². The first-order valence-corrected chi connectivity index (χ1v) is 7.20. The summed E-state index contributed by atoms with van der Waals surface area (Å²) in [5.41, 5.74) is 7.13. The molecule has 18 heavy (non-hydrogen) atoms. The highest BCUT2D eigenvalue weighted by Gasteiger charge is 2.21. The second-order valence-electron chi connectivity index (χ2n) is 4.80. The molecule has 1 heterocycles. The van der Waals surface area contributed by atoms with Crippen LogP contribution in [0.1, 0.15) is 31.4 Å². The van der Waals surface area contributed by atoms with Crippen LogP contribution in [0, 0.1) is 0 Å². The number of nitrogens with two attached hydrogens (primary N) is 1. The molecular weight excluding hydrogens is 294 g/mol. The molecule has 1 aliphatic rings. The zero-order valence-corrected chi connectivity index (χ0v) is 12.2. The lowest BCUT2D eigenvalue weighted by Gasteiger charge is -2.23. The van der Waals surface area contributed by atoms with Crippen LogP contribution in [0.2, 0.25) is 0 Å². The minimum Gasteiger partial charge on any atom is -0.376 e. The summed E-state index contributed by atoms with van der Waals surface area (Å²) in [4.78, 5) is 0. The van der Waals surface area contributed by atoms with Crippen molar-refractivity contribution in [3.05, 3.63) is 34.3 Å². The van der Waals surface area contributed by atoms with E-state index in [1.165, 1.54) is 0 Å². The van der Waals surface area contributed by atoms with Gasteiger partial charge in [-0.1, -0.05) is 28.1 Å². The molecule has 4 heteroatoms. The lowest BCUT2D eigenvalue weighted by molar-refractivity contribution is -0.0286. The van der Waals surface area contributed by atoms with Crippen LogP contribution in [0.4, 0.5) is 0 Å². The molecule has 0 radical (unpaired) electrons. The summed E-state index contributed by atoms with van der Waals surface area (Å²) in [6, 6.07) is 8.07. The summed E-state index contributed by atoms with van der Waals surface area (Å²) in [6.07, 6.45) is 2.38. The maximum atomic E-state index is 6.02. The first kappa shape index (κ1) is 14.0. The van der Waals surface area contributed by atoms with Crippen LogP contribution in [0.25, 0.3) is 0 Å². The van der Waals surface area contributed by atoms with Crippen LogP contribution in [0.5, 0.6) is 0 Å². The third kappa shape index (κ3) is 3.79. The molecule has 0 amide bonds. The molecule has 1 fully saturated rings. The van der Waals surface area contributed by atoms with Gasteiger partial charge in [0.1, 0.15) is 0 Å². The fourth-order valence-corrected chi connectivity index (χ4v) is 2.64. The van der Waals surface area contributed by atoms with Gasteiger partial charge in [0.05, 0.1) is 18.8 Å². The van der Waals surface area contributed by atoms with Gasteiger partial charge in [0.2, 0.25) is 0 Å². The van der Waals surface area contributed by atoms with Crippen molar-refractivity contribution in [2.45, 2.75) is 38.0 Å². The first-order chi connectivity index (χ1) is 8.66. The normalized spacial score (nSPS) is 22.9. The Morgan fingerprint density at radius 3 is 3.00 bits per heavy atom. The predicted octanol–water partition coefficient (Wildman–Crippen LogP) is 3.03. The summed E-state index contributed by atoms with van der Waals surface area (Å²) in [5, 5.41) is 0. The van der Waals surface area contributed by atoms with Crippen LogP contribution in [0.15, 0.2) is 28.7 Å². The number of ether oxygens (including phenoxy) is 2. The SMILES string of the molecule is CC(N)C(OCC1CCCO1)c1cccc(Br)c1. The molecule has 0 spiro atoms. The van der Waals surface area contributed by atoms with Crippen molar-refractivity contribution in [2.24, 2.45) is 5.73 Å². The largest absolute Gasteiger partial charge is 0.376 e. The molecule has 1 aromatic rings. The summed E-state index contributed by atoms with van der Waals surface area (Å²) >= 11 is 3.48. The Morgan fingerprint density at radius 2 is 2.39 bits per heavy atom. The van der Waals surface area contributed by atoms with Gasteiger partial charge in [-0.05, 0) is 37.5 Å². The number of hydrogen-bond acceptors (Lipinski definition) is 3. The molecule has 0 aliphatic carbocycles. The van der Waals surface area contributed by atoms with E-state index >= 15 is 0 Å². The molecule has 0 saturated carbocycles. The number of hydrogen-bond donors (Lipinski definition) is 1. The third-order valence-corrected chi connectivity index (χ3v) is 3.63. The summed E-state index contributed by atoms with van der Waals surface area (Å²) < 4.78 is 12.6. The zero-order chi connectivity index (χ0) is 13.0. The summed E-state index contributed by atoms with van der Waals surface area (Å²) in [7, 11) is 0.